The molecule has 0 unspecified atom stereocenters. The molecule has 0 fully saturated rings. The molecule has 2 N–H and O–H groups in total. The number of benzene rings is 1. The lowest BCUT2D eigenvalue weighted by molar-refractivity contribution is 0.968. The largest absolute Gasteiger partial charge is 0.349 e. The van der Waals surface area contributed by atoms with Crippen molar-refractivity contribution in [3.63, 3.8) is 0 Å². The van der Waals surface area contributed by atoms with Crippen molar-refractivity contribution in [1.29, 1.82) is 5.26 Å². The fraction of sp³-hybridized carbons (Fsp3) is 0.0526. The molecule has 7 nitrogen and oxygen atoms in total. The molecule has 26 heavy (non-hydrogen) atoms. The number of anilines is 4. The van der Waals surface area contributed by atoms with Gasteiger partial charge in [-0.15, -0.1) is 0 Å². The minimum Gasteiger partial charge on any atom is -0.349 e. The molecule has 0 radical (unpaired) electrons. The molecule has 0 saturated carbocycles. The molecule has 0 aliphatic heterocycles. The van der Waals surface area contributed by atoms with Crippen LogP contribution in [0.5, 0.6) is 0 Å². The average Bonchev–Trinajstić information content (AvgIpc) is 3.03. The van der Waals surface area contributed by atoms with E-state index in [2.05, 4.69) is 31.7 Å². The Morgan fingerprint density at radius 1 is 0.962 bits per heavy atom. The standard InChI is InChI=1S/C19H15N7/c1-26-9-8-15-16(26)6-7-17(24-15)25-19-10-18(21-12-22-19)23-14-5-3-2-4-13(14)11-20/h2-10,12H,1H3,(H2,21,22,23,24,25). The molecular weight excluding hydrogens is 326 g/mol. The highest BCUT2D eigenvalue weighted by molar-refractivity contribution is 5.78. The van der Waals surface area contributed by atoms with Gasteiger partial charge in [0, 0.05) is 19.3 Å². The van der Waals surface area contributed by atoms with Crippen molar-refractivity contribution in [2.45, 2.75) is 0 Å². The molecule has 0 aliphatic carbocycles. The van der Waals surface area contributed by atoms with E-state index in [1.54, 1.807) is 12.1 Å². The molecule has 0 amide bonds. The van der Waals surface area contributed by atoms with Crippen LogP contribution >= 0.6 is 0 Å². The molecule has 4 rings (SSSR count). The third kappa shape index (κ3) is 3.03. The molecule has 0 atom stereocenters. The molecule has 4 aromatic rings. The van der Waals surface area contributed by atoms with Crippen LogP contribution < -0.4 is 10.6 Å². The Labute approximate surface area is 150 Å². The number of nitrogens with one attached hydrogen (secondary N) is 2. The summed E-state index contributed by atoms with van der Waals surface area (Å²) in [7, 11) is 1.98. The molecule has 0 spiro atoms. The highest BCUT2D eigenvalue weighted by Gasteiger charge is 2.06. The first kappa shape index (κ1) is 15.6. The molecule has 126 valence electrons. The van der Waals surface area contributed by atoms with Gasteiger partial charge >= 0.3 is 0 Å². The van der Waals surface area contributed by atoms with Crippen LogP contribution in [0.15, 0.2) is 61.1 Å². The third-order valence-electron chi connectivity index (χ3n) is 3.97. The number of nitriles is 1. The maximum atomic E-state index is 9.19. The van der Waals surface area contributed by atoms with E-state index >= 15 is 0 Å². The Hall–Kier alpha value is -3.92. The monoisotopic (exact) mass is 341 g/mol. The number of hydrogen-bond acceptors (Lipinski definition) is 6. The maximum Gasteiger partial charge on any atom is 0.137 e. The Balaban J connectivity index is 1.58. The van der Waals surface area contributed by atoms with Gasteiger partial charge in [0.15, 0.2) is 0 Å². The van der Waals surface area contributed by atoms with Gasteiger partial charge in [0.05, 0.1) is 22.3 Å². The first-order valence-corrected chi connectivity index (χ1v) is 8.00. The molecule has 7 heteroatoms. The van der Waals surface area contributed by atoms with Crippen molar-refractivity contribution in [3.8, 4) is 6.07 Å². The van der Waals surface area contributed by atoms with Gasteiger partial charge in [-0.05, 0) is 30.3 Å². The van der Waals surface area contributed by atoms with E-state index in [0.29, 0.717) is 28.7 Å². The lowest BCUT2D eigenvalue weighted by Crippen LogP contribution is -2.00. The van der Waals surface area contributed by atoms with Crippen molar-refractivity contribution < 1.29 is 0 Å². The fourth-order valence-corrected chi connectivity index (χ4v) is 2.67. The van der Waals surface area contributed by atoms with Crippen molar-refractivity contribution in [2.24, 2.45) is 7.05 Å². The van der Waals surface area contributed by atoms with E-state index in [-0.39, 0.29) is 0 Å². The van der Waals surface area contributed by atoms with Gasteiger partial charge in [-0.1, -0.05) is 12.1 Å². The number of fused-ring (bicyclic) bond motifs is 1. The van der Waals surface area contributed by atoms with E-state index in [1.807, 2.05) is 54.2 Å². The van der Waals surface area contributed by atoms with E-state index in [9.17, 15) is 5.26 Å². The topological polar surface area (TPSA) is 91.5 Å². The highest BCUT2D eigenvalue weighted by atomic mass is 15.1. The quantitative estimate of drug-likeness (QED) is 0.588. The second kappa shape index (κ2) is 6.53. The Morgan fingerprint density at radius 3 is 2.62 bits per heavy atom. The number of aryl methyl sites for hydroxylation is 1. The highest BCUT2D eigenvalue weighted by Crippen LogP contribution is 2.22. The summed E-state index contributed by atoms with van der Waals surface area (Å²) >= 11 is 0. The van der Waals surface area contributed by atoms with Crippen molar-refractivity contribution in [2.75, 3.05) is 10.6 Å². The van der Waals surface area contributed by atoms with Crippen LogP contribution in [0.2, 0.25) is 0 Å². The number of pyridine rings is 1. The van der Waals surface area contributed by atoms with Crippen LogP contribution in [-0.4, -0.2) is 19.5 Å². The Bertz CT molecular complexity index is 1120. The smallest absolute Gasteiger partial charge is 0.137 e. The first-order valence-electron chi connectivity index (χ1n) is 8.00. The van der Waals surface area contributed by atoms with E-state index in [0.717, 1.165) is 11.0 Å². The van der Waals surface area contributed by atoms with Gasteiger partial charge < -0.3 is 15.2 Å². The summed E-state index contributed by atoms with van der Waals surface area (Å²) in [6.45, 7) is 0. The molecule has 0 saturated heterocycles. The predicted octanol–water partition coefficient (Wildman–Crippen LogP) is 3.72. The number of nitrogens with zero attached hydrogens (tertiary/aromatic N) is 5. The minimum absolute atomic E-state index is 0.553. The van der Waals surface area contributed by atoms with E-state index in [1.165, 1.54) is 6.33 Å². The molecule has 3 heterocycles. The van der Waals surface area contributed by atoms with Gasteiger partial charge in [-0.2, -0.15) is 5.26 Å². The van der Waals surface area contributed by atoms with Crippen molar-refractivity contribution in [1.82, 2.24) is 19.5 Å². The third-order valence-corrected chi connectivity index (χ3v) is 3.97. The fourth-order valence-electron chi connectivity index (χ4n) is 2.67. The number of aromatic nitrogens is 4. The maximum absolute atomic E-state index is 9.19. The summed E-state index contributed by atoms with van der Waals surface area (Å²) in [5, 5.41) is 15.5. The predicted molar refractivity (Wildman–Crippen MR) is 100 cm³/mol. The van der Waals surface area contributed by atoms with Crippen LogP contribution in [0.1, 0.15) is 5.56 Å². The zero-order valence-electron chi connectivity index (χ0n) is 14.0. The molecule has 3 aromatic heterocycles. The Kier molecular flexibility index (Phi) is 3.92. The average molecular weight is 341 g/mol. The second-order valence-electron chi connectivity index (χ2n) is 5.72. The van der Waals surface area contributed by atoms with Crippen LogP contribution in [0, 0.1) is 11.3 Å². The molecular formula is C19H15N7. The molecule has 1 aromatic carbocycles. The summed E-state index contributed by atoms with van der Waals surface area (Å²) in [5.41, 5.74) is 3.22. The number of para-hydroxylation sites is 1. The first-order chi connectivity index (χ1) is 12.7. The molecule has 0 aliphatic rings. The lowest BCUT2D eigenvalue weighted by Gasteiger charge is -2.09. The number of hydrogen-bond donors (Lipinski definition) is 2. The zero-order valence-corrected chi connectivity index (χ0v) is 14.0. The summed E-state index contributed by atoms with van der Waals surface area (Å²) in [4.78, 5) is 13.0. The summed E-state index contributed by atoms with van der Waals surface area (Å²) < 4.78 is 2.02. The normalized spacial score (nSPS) is 10.5. The van der Waals surface area contributed by atoms with Gasteiger partial charge in [0.25, 0.3) is 0 Å². The number of rotatable bonds is 4. The van der Waals surface area contributed by atoms with Crippen LogP contribution in [0.4, 0.5) is 23.1 Å². The minimum atomic E-state index is 0.553. The van der Waals surface area contributed by atoms with E-state index in [4.69, 9.17) is 0 Å². The summed E-state index contributed by atoms with van der Waals surface area (Å²) in [5.74, 6) is 1.90. The van der Waals surface area contributed by atoms with Crippen molar-refractivity contribution in [3.05, 3.63) is 66.6 Å². The lowest BCUT2D eigenvalue weighted by atomic mass is 10.2. The zero-order chi connectivity index (χ0) is 17.9. The van der Waals surface area contributed by atoms with Crippen LogP contribution in [-0.2, 0) is 7.05 Å². The van der Waals surface area contributed by atoms with Gasteiger partial charge in [-0.25, -0.2) is 15.0 Å². The van der Waals surface area contributed by atoms with Gasteiger partial charge in [-0.3, -0.25) is 0 Å². The van der Waals surface area contributed by atoms with Crippen LogP contribution in [0.3, 0.4) is 0 Å². The van der Waals surface area contributed by atoms with Gasteiger partial charge in [0.2, 0.25) is 0 Å². The summed E-state index contributed by atoms with van der Waals surface area (Å²) in [6.07, 6.45) is 3.43. The summed E-state index contributed by atoms with van der Waals surface area (Å²) in [6, 6.07) is 17.1. The SMILES string of the molecule is Cn1ccc2nc(Nc3cc(Nc4ccccc4C#N)ncn3)ccc21. The second-order valence-corrected chi connectivity index (χ2v) is 5.72. The van der Waals surface area contributed by atoms with Crippen LogP contribution in [0.25, 0.3) is 11.0 Å². The van der Waals surface area contributed by atoms with E-state index < -0.39 is 0 Å². The Morgan fingerprint density at radius 2 is 1.77 bits per heavy atom. The molecule has 0 bridgehead atoms. The van der Waals surface area contributed by atoms with Gasteiger partial charge in [0.1, 0.15) is 29.9 Å². The van der Waals surface area contributed by atoms with Crippen molar-refractivity contribution >= 4 is 34.2 Å².